The lowest BCUT2D eigenvalue weighted by atomic mass is 10.3. The van der Waals surface area contributed by atoms with Gasteiger partial charge in [0.1, 0.15) is 0 Å². The van der Waals surface area contributed by atoms with E-state index in [-0.39, 0.29) is 0 Å². The lowest BCUT2D eigenvalue weighted by Crippen LogP contribution is -2.57. The quantitative estimate of drug-likeness (QED) is 0.146. The van der Waals surface area contributed by atoms with Crippen molar-refractivity contribution in [3.63, 3.8) is 0 Å². The zero-order valence-corrected chi connectivity index (χ0v) is 6.20. The Kier molecular flexibility index (Phi) is 8.55. The van der Waals surface area contributed by atoms with Crippen LogP contribution in [0.5, 0.6) is 0 Å². The fourth-order valence-electron chi connectivity index (χ4n) is 0.439. The summed E-state index contributed by atoms with van der Waals surface area (Å²) >= 11 is 0. The van der Waals surface area contributed by atoms with Crippen LogP contribution in [0.15, 0.2) is 0 Å². The Morgan fingerprint density at radius 1 is 1.20 bits per heavy atom. The van der Waals surface area contributed by atoms with Gasteiger partial charge in [0.25, 0.3) is 0 Å². The molecular weight excluding hydrogens is 132 g/mol. The Labute approximate surface area is 60.8 Å². The van der Waals surface area contributed by atoms with E-state index < -0.39 is 0 Å². The average Bonchev–Trinajstić information content (AvgIpc) is 1.97. The van der Waals surface area contributed by atoms with Crippen LogP contribution >= 0.6 is 0 Å². The molecule has 0 aromatic heterocycles. The van der Waals surface area contributed by atoms with E-state index in [1.807, 2.05) is 0 Å². The van der Waals surface area contributed by atoms with Crippen LogP contribution in [-0.4, -0.2) is 6.54 Å². The maximum absolute atomic E-state index is 4.88. The fraction of sp³-hybridized carbons (Fsp3) is 1.00. The lowest BCUT2D eigenvalue weighted by molar-refractivity contribution is 0.327. The summed E-state index contributed by atoms with van der Waals surface area (Å²) < 4.78 is 0. The standard InChI is InChI=1S/C4H16N6/c1-2-3-4-6-8-10-9-7-5/h6-10H,2-5H2,1H3. The van der Waals surface area contributed by atoms with Gasteiger partial charge >= 0.3 is 0 Å². The van der Waals surface area contributed by atoms with Crippen molar-refractivity contribution in [2.75, 3.05) is 6.54 Å². The highest BCUT2D eigenvalue weighted by Gasteiger charge is 1.80. The van der Waals surface area contributed by atoms with Gasteiger partial charge in [-0.15, -0.1) is 0 Å². The van der Waals surface area contributed by atoms with E-state index in [1.54, 1.807) is 0 Å². The van der Waals surface area contributed by atoms with Crippen molar-refractivity contribution in [1.29, 1.82) is 0 Å². The number of hydrogen-bond donors (Lipinski definition) is 6. The molecule has 0 radical (unpaired) electrons. The molecule has 0 saturated heterocycles. The molecule has 0 aliphatic carbocycles. The third-order valence-electron chi connectivity index (χ3n) is 0.941. The van der Waals surface area contributed by atoms with Crippen LogP contribution in [0.25, 0.3) is 0 Å². The Hall–Kier alpha value is -0.240. The van der Waals surface area contributed by atoms with Crippen molar-refractivity contribution >= 4 is 0 Å². The van der Waals surface area contributed by atoms with Gasteiger partial charge in [0.2, 0.25) is 0 Å². The maximum atomic E-state index is 4.88. The molecule has 0 aromatic carbocycles. The van der Waals surface area contributed by atoms with Crippen molar-refractivity contribution in [3.8, 4) is 0 Å². The first-order chi connectivity index (χ1) is 4.91. The molecule has 0 fully saturated rings. The number of hydrazine groups is 5. The van der Waals surface area contributed by atoms with Gasteiger partial charge in [-0.25, -0.2) is 5.43 Å². The number of nitrogens with one attached hydrogen (secondary N) is 5. The van der Waals surface area contributed by atoms with Crippen molar-refractivity contribution in [2.45, 2.75) is 19.8 Å². The Morgan fingerprint density at radius 3 is 2.60 bits per heavy atom. The first kappa shape index (κ1) is 9.76. The molecule has 7 N–H and O–H groups in total. The highest BCUT2D eigenvalue weighted by Crippen LogP contribution is 1.79. The normalized spacial score (nSPS) is 10.2. The minimum atomic E-state index is 0.926. The summed E-state index contributed by atoms with van der Waals surface area (Å²) in [6.45, 7) is 3.06. The molecule has 0 heterocycles. The van der Waals surface area contributed by atoms with Crippen LogP contribution < -0.4 is 33.4 Å². The van der Waals surface area contributed by atoms with Crippen molar-refractivity contribution < 1.29 is 0 Å². The Morgan fingerprint density at radius 2 is 2.00 bits per heavy atom. The van der Waals surface area contributed by atoms with Crippen LogP contribution in [0, 0.1) is 0 Å². The molecular formula is C4H16N6. The van der Waals surface area contributed by atoms with E-state index in [4.69, 9.17) is 5.84 Å². The first-order valence-electron chi connectivity index (χ1n) is 3.35. The van der Waals surface area contributed by atoms with Gasteiger partial charge in [0, 0.05) is 6.54 Å². The van der Waals surface area contributed by atoms with E-state index in [0.717, 1.165) is 13.0 Å². The van der Waals surface area contributed by atoms with Gasteiger partial charge in [-0.3, -0.25) is 5.84 Å². The third-order valence-corrected chi connectivity index (χ3v) is 0.941. The van der Waals surface area contributed by atoms with E-state index in [0.29, 0.717) is 0 Å². The van der Waals surface area contributed by atoms with E-state index in [2.05, 4.69) is 34.5 Å². The molecule has 6 heteroatoms. The zero-order chi connectivity index (χ0) is 7.66. The third kappa shape index (κ3) is 7.76. The number of nitrogens with two attached hydrogens (primary N) is 1. The zero-order valence-electron chi connectivity index (χ0n) is 6.20. The van der Waals surface area contributed by atoms with Crippen molar-refractivity contribution in [2.24, 2.45) is 5.84 Å². The van der Waals surface area contributed by atoms with Gasteiger partial charge in [-0.05, 0) is 6.42 Å². The highest BCUT2D eigenvalue weighted by atomic mass is 15.8. The fourth-order valence-corrected chi connectivity index (χ4v) is 0.439. The monoisotopic (exact) mass is 148 g/mol. The van der Waals surface area contributed by atoms with E-state index in [1.165, 1.54) is 6.42 Å². The van der Waals surface area contributed by atoms with Gasteiger partial charge in [-0.2, -0.15) is 22.1 Å². The molecule has 62 valence electrons. The molecule has 0 saturated carbocycles. The van der Waals surface area contributed by atoms with Crippen LogP contribution in [0.3, 0.4) is 0 Å². The summed E-state index contributed by atoms with van der Waals surface area (Å²) in [6, 6.07) is 0. The summed E-state index contributed by atoms with van der Waals surface area (Å²) in [5.74, 6) is 4.88. The molecule has 0 atom stereocenters. The average molecular weight is 148 g/mol. The highest BCUT2D eigenvalue weighted by molar-refractivity contribution is 4.35. The largest absolute Gasteiger partial charge is 0.257 e. The molecule has 0 unspecified atom stereocenters. The minimum Gasteiger partial charge on any atom is -0.257 e. The second kappa shape index (κ2) is 8.76. The van der Waals surface area contributed by atoms with Crippen molar-refractivity contribution in [3.05, 3.63) is 0 Å². The number of hydrogen-bond acceptors (Lipinski definition) is 6. The molecule has 10 heavy (non-hydrogen) atoms. The molecule has 0 aromatic rings. The second-order valence-corrected chi connectivity index (χ2v) is 1.80. The smallest absolute Gasteiger partial charge is 0.0113 e. The minimum absolute atomic E-state index is 0.926. The SMILES string of the molecule is CCCCNNNNNN. The molecule has 0 aliphatic heterocycles. The van der Waals surface area contributed by atoms with E-state index in [9.17, 15) is 0 Å². The van der Waals surface area contributed by atoms with Gasteiger partial charge < -0.3 is 0 Å². The van der Waals surface area contributed by atoms with Gasteiger partial charge in [0.15, 0.2) is 0 Å². The summed E-state index contributed by atoms with van der Waals surface area (Å²) in [5.41, 5.74) is 12.7. The number of rotatable bonds is 7. The Bertz CT molecular complexity index is 49.7. The second-order valence-electron chi connectivity index (χ2n) is 1.80. The summed E-state index contributed by atoms with van der Waals surface area (Å²) in [7, 11) is 0. The molecule has 0 spiro atoms. The first-order valence-corrected chi connectivity index (χ1v) is 3.35. The van der Waals surface area contributed by atoms with Crippen LogP contribution in [0.1, 0.15) is 19.8 Å². The maximum Gasteiger partial charge on any atom is 0.0113 e. The number of unbranched alkanes of at least 4 members (excludes halogenated alkanes) is 1. The van der Waals surface area contributed by atoms with Gasteiger partial charge in [-0.1, -0.05) is 13.3 Å². The Balaban J connectivity index is 2.65. The molecule has 0 bridgehead atoms. The molecule has 6 nitrogen and oxygen atoms in total. The topological polar surface area (TPSA) is 86.2 Å². The van der Waals surface area contributed by atoms with Gasteiger partial charge in [0.05, 0.1) is 0 Å². The van der Waals surface area contributed by atoms with Crippen LogP contribution in [0.4, 0.5) is 0 Å². The van der Waals surface area contributed by atoms with Crippen molar-refractivity contribution in [1.82, 2.24) is 27.6 Å². The summed E-state index contributed by atoms with van der Waals surface area (Å²) in [6.07, 6.45) is 2.32. The summed E-state index contributed by atoms with van der Waals surface area (Å²) in [5, 5.41) is 0. The molecule has 0 aliphatic rings. The molecule has 0 amide bonds. The van der Waals surface area contributed by atoms with Crippen LogP contribution in [-0.2, 0) is 0 Å². The molecule has 0 rings (SSSR count). The predicted octanol–water partition coefficient (Wildman–Crippen LogP) is -1.73. The summed E-state index contributed by atoms with van der Waals surface area (Å²) in [4.78, 5) is 0. The van der Waals surface area contributed by atoms with Crippen LogP contribution in [0.2, 0.25) is 0 Å². The lowest BCUT2D eigenvalue weighted by Gasteiger charge is -2.07. The predicted molar refractivity (Wildman–Crippen MR) is 39.6 cm³/mol. The van der Waals surface area contributed by atoms with E-state index >= 15 is 0 Å².